The van der Waals surface area contributed by atoms with Crippen molar-refractivity contribution >= 4 is 5.69 Å². The maximum Gasteiger partial charge on any atom is 0.160 e. The molecular formula is C12H13F2N3. The largest absolute Gasteiger partial charge is 0.379 e. The number of rotatable bonds is 3. The predicted octanol–water partition coefficient (Wildman–Crippen LogP) is 2.62. The Labute approximate surface area is 98.1 Å². The Hall–Kier alpha value is -1.91. The van der Waals surface area contributed by atoms with Crippen LogP contribution in [-0.4, -0.2) is 9.78 Å². The maximum atomic E-state index is 13.0. The van der Waals surface area contributed by atoms with Crippen LogP contribution in [0.15, 0.2) is 24.3 Å². The van der Waals surface area contributed by atoms with Crippen molar-refractivity contribution in [2.45, 2.75) is 13.5 Å². The summed E-state index contributed by atoms with van der Waals surface area (Å²) in [6.07, 6.45) is 0. The monoisotopic (exact) mass is 237 g/mol. The molecular weight excluding hydrogens is 224 g/mol. The second kappa shape index (κ2) is 4.53. The highest BCUT2D eigenvalue weighted by atomic mass is 19.2. The molecule has 0 fully saturated rings. The zero-order valence-corrected chi connectivity index (χ0v) is 9.67. The number of hydrogen-bond acceptors (Lipinski definition) is 2. The van der Waals surface area contributed by atoms with Gasteiger partial charge in [-0.05, 0) is 25.1 Å². The number of anilines is 1. The molecule has 0 bridgehead atoms. The van der Waals surface area contributed by atoms with Gasteiger partial charge in [0.2, 0.25) is 0 Å². The first-order chi connectivity index (χ1) is 8.06. The van der Waals surface area contributed by atoms with Crippen LogP contribution in [0.3, 0.4) is 0 Å². The highest BCUT2D eigenvalue weighted by Crippen LogP contribution is 2.14. The van der Waals surface area contributed by atoms with Crippen molar-refractivity contribution < 1.29 is 8.78 Å². The molecule has 0 aliphatic rings. The summed E-state index contributed by atoms with van der Waals surface area (Å²) >= 11 is 0. The average Bonchev–Trinajstić information content (AvgIpc) is 2.59. The second-order valence-electron chi connectivity index (χ2n) is 3.88. The molecule has 0 radical (unpaired) electrons. The lowest BCUT2D eigenvalue weighted by molar-refractivity contribution is 0.509. The Kier molecular flexibility index (Phi) is 3.08. The lowest BCUT2D eigenvalue weighted by Gasteiger charge is -2.06. The molecule has 0 aliphatic heterocycles. The summed E-state index contributed by atoms with van der Waals surface area (Å²) in [7, 11) is 1.84. The van der Waals surface area contributed by atoms with Crippen LogP contribution in [0.1, 0.15) is 11.4 Å². The minimum Gasteiger partial charge on any atom is -0.379 e. The first kappa shape index (κ1) is 11.6. The molecule has 1 N–H and O–H groups in total. The van der Waals surface area contributed by atoms with E-state index in [0.717, 1.165) is 23.5 Å². The van der Waals surface area contributed by atoms with Crippen LogP contribution in [0.5, 0.6) is 0 Å². The number of halogens is 2. The fourth-order valence-electron chi connectivity index (χ4n) is 1.63. The van der Waals surface area contributed by atoms with E-state index in [0.29, 0.717) is 12.2 Å². The Bertz CT molecular complexity index is 535. The van der Waals surface area contributed by atoms with Crippen LogP contribution in [0.25, 0.3) is 0 Å². The van der Waals surface area contributed by atoms with E-state index < -0.39 is 11.6 Å². The van der Waals surface area contributed by atoms with Gasteiger partial charge in [-0.15, -0.1) is 0 Å². The molecule has 0 saturated heterocycles. The molecule has 90 valence electrons. The van der Waals surface area contributed by atoms with Gasteiger partial charge in [0, 0.05) is 18.8 Å². The normalized spacial score (nSPS) is 10.6. The molecule has 1 heterocycles. The predicted molar refractivity (Wildman–Crippen MR) is 61.6 cm³/mol. The quantitative estimate of drug-likeness (QED) is 0.889. The van der Waals surface area contributed by atoms with Crippen molar-refractivity contribution in [3.63, 3.8) is 0 Å². The van der Waals surface area contributed by atoms with Crippen LogP contribution in [0.2, 0.25) is 0 Å². The van der Waals surface area contributed by atoms with Crippen molar-refractivity contribution in [3.8, 4) is 0 Å². The molecule has 17 heavy (non-hydrogen) atoms. The molecule has 2 rings (SSSR count). The van der Waals surface area contributed by atoms with Crippen LogP contribution >= 0.6 is 0 Å². The zero-order valence-electron chi connectivity index (χ0n) is 9.67. The molecule has 0 atom stereocenters. The number of hydrogen-bond donors (Lipinski definition) is 1. The SMILES string of the molecule is Cc1cc(CNc2ccc(F)c(F)c2)n(C)n1. The average molecular weight is 237 g/mol. The van der Waals surface area contributed by atoms with Gasteiger partial charge in [-0.1, -0.05) is 0 Å². The lowest BCUT2D eigenvalue weighted by atomic mass is 10.3. The van der Waals surface area contributed by atoms with Crippen molar-refractivity contribution in [2.75, 3.05) is 5.32 Å². The summed E-state index contributed by atoms with van der Waals surface area (Å²) < 4.78 is 27.4. The van der Waals surface area contributed by atoms with Gasteiger partial charge >= 0.3 is 0 Å². The van der Waals surface area contributed by atoms with Gasteiger partial charge in [0.1, 0.15) is 0 Å². The van der Waals surface area contributed by atoms with Crippen LogP contribution in [0, 0.1) is 18.6 Å². The van der Waals surface area contributed by atoms with Crippen molar-refractivity contribution in [1.82, 2.24) is 9.78 Å². The number of nitrogens with zero attached hydrogens (tertiary/aromatic N) is 2. The molecule has 2 aromatic rings. The molecule has 0 spiro atoms. The van der Waals surface area contributed by atoms with Gasteiger partial charge in [-0.2, -0.15) is 5.10 Å². The van der Waals surface area contributed by atoms with E-state index in [-0.39, 0.29) is 0 Å². The summed E-state index contributed by atoms with van der Waals surface area (Å²) in [4.78, 5) is 0. The Morgan fingerprint density at radius 1 is 1.24 bits per heavy atom. The van der Waals surface area contributed by atoms with Gasteiger partial charge in [-0.3, -0.25) is 4.68 Å². The molecule has 5 heteroatoms. The lowest BCUT2D eigenvalue weighted by Crippen LogP contribution is -2.05. The fraction of sp³-hybridized carbons (Fsp3) is 0.250. The minimum atomic E-state index is -0.851. The van der Waals surface area contributed by atoms with Crippen molar-refractivity contribution in [3.05, 3.63) is 47.3 Å². The topological polar surface area (TPSA) is 29.9 Å². The van der Waals surface area contributed by atoms with Crippen LogP contribution in [-0.2, 0) is 13.6 Å². The van der Waals surface area contributed by atoms with Gasteiger partial charge in [0.05, 0.1) is 17.9 Å². The standard InChI is InChI=1S/C12H13F2N3/c1-8-5-10(17(2)16-8)7-15-9-3-4-11(13)12(14)6-9/h3-6,15H,7H2,1-2H3. The highest BCUT2D eigenvalue weighted by molar-refractivity contribution is 5.43. The van der Waals surface area contributed by atoms with E-state index in [1.54, 1.807) is 4.68 Å². The number of aryl methyl sites for hydroxylation is 2. The molecule has 1 aromatic carbocycles. The summed E-state index contributed by atoms with van der Waals surface area (Å²) in [6, 6.07) is 5.68. The van der Waals surface area contributed by atoms with Crippen molar-refractivity contribution in [1.29, 1.82) is 0 Å². The van der Waals surface area contributed by atoms with E-state index in [1.165, 1.54) is 6.07 Å². The van der Waals surface area contributed by atoms with Gasteiger partial charge < -0.3 is 5.32 Å². The van der Waals surface area contributed by atoms with E-state index >= 15 is 0 Å². The Balaban J connectivity index is 2.07. The first-order valence-corrected chi connectivity index (χ1v) is 5.24. The van der Waals surface area contributed by atoms with E-state index in [1.807, 2.05) is 20.0 Å². The molecule has 0 unspecified atom stereocenters. The smallest absolute Gasteiger partial charge is 0.160 e. The zero-order chi connectivity index (χ0) is 12.4. The van der Waals surface area contributed by atoms with Crippen LogP contribution in [0.4, 0.5) is 14.5 Å². The fourth-order valence-corrected chi connectivity index (χ4v) is 1.63. The number of benzene rings is 1. The van der Waals surface area contributed by atoms with Crippen molar-refractivity contribution in [2.24, 2.45) is 7.05 Å². The number of nitrogens with one attached hydrogen (secondary N) is 1. The third-order valence-electron chi connectivity index (χ3n) is 2.49. The van der Waals surface area contributed by atoms with Gasteiger partial charge in [0.25, 0.3) is 0 Å². The molecule has 1 aromatic heterocycles. The van der Waals surface area contributed by atoms with Gasteiger partial charge in [-0.25, -0.2) is 8.78 Å². The Morgan fingerprint density at radius 2 is 2.00 bits per heavy atom. The third kappa shape index (κ3) is 2.61. The Morgan fingerprint density at radius 3 is 2.59 bits per heavy atom. The molecule has 0 amide bonds. The maximum absolute atomic E-state index is 13.0. The van der Waals surface area contributed by atoms with E-state index in [4.69, 9.17) is 0 Å². The van der Waals surface area contributed by atoms with Gasteiger partial charge in [0.15, 0.2) is 11.6 Å². The first-order valence-electron chi connectivity index (χ1n) is 5.24. The highest BCUT2D eigenvalue weighted by Gasteiger charge is 2.04. The summed E-state index contributed by atoms with van der Waals surface area (Å²) in [5.41, 5.74) is 2.45. The van der Waals surface area contributed by atoms with E-state index in [2.05, 4.69) is 10.4 Å². The van der Waals surface area contributed by atoms with Crippen LogP contribution < -0.4 is 5.32 Å². The third-order valence-corrected chi connectivity index (χ3v) is 2.49. The number of aromatic nitrogens is 2. The second-order valence-corrected chi connectivity index (χ2v) is 3.88. The molecule has 3 nitrogen and oxygen atoms in total. The minimum absolute atomic E-state index is 0.516. The molecule has 0 saturated carbocycles. The summed E-state index contributed by atoms with van der Waals surface area (Å²) in [5, 5.41) is 7.21. The summed E-state index contributed by atoms with van der Waals surface area (Å²) in [5.74, 6) is -1.69. The summed E-state index contributed by atoms with van der Waals surface area (Å²) in [6.45, 7) is 2.42. The van der Waals surface area contributed by atoms with E-state index in [9.17, 15) is 8.78 Å². The molecule has 0 aliphatic carbocycles.